The summed E-state index contributed by atoms with van der Waals surface area (Å²) in [6, 6.07) is 13.0. The standard InChI is InChI=1S/C26H27N7O4/c27-13-18-11-17(1-2-23(18)37-21-5-9-32(10-6-21)25(36)16-34)22-4-8-29-26(31-22)30-19-3-7-28-24(12-19)33-14-20(35)15-33/h1-4,7-8,11-12,20-21,34-35H,5-6,9-10,14-16H2,(H,28,29,30,31). The van der Waals surface area contributed by atoms with E-state index in [1.165, 1.54) is 0 Å². The SMILES string of the molecule is N#Cc1cc(-c2ccnc(Nc3ccnc(N4CC(O)C4)c3)n2)ccc1OC1CCN(C(=O)CO)CC1. The number of β-amino-alcohol motifs (C(OH)–C–C–N with tert-alkyl or cyclic N) is 1. The summed E-state index contributed by atoms with van der Waals surface area (Å²) in [4.78, 5) is 28.5. The Morgan fingerprint density at radius 1 is 1.14 bits per heavy atom. The highest BCUT2D eigenvalue weighted by Gasteiger charge is 2.26. The number of ether oxygens (including phenoxy) is 1. The Bertz CT molecular complexity index is 1310. The van der Waals surface area contributed by atoms with Gasteiger partial charge in [0, 0.05) is 68.7 Å². The van der Waals surface area contributed by atoms with Gasteiger partial charge in [0.15, 0.2) is 0 Å². The number of carbonyl (C=O) groups is 1. The van der Waals surface area contributed by atoms with Crippen LogP contribution in [0.3, 0.4) is 0 Å². The number of rotatable bonds is 7. The number of nitrogens with zero attached hydrogens (tertiary/aromatic N) is 6. The molecule has 0 spiro atoms. The van der Waals surface area contributed by atoms with Gasteiger partial charge in [-0.3, -0.25) is 4.79 Å². The van der Waals surface area contributed by atoms with Crippen LogP contribution in [0.4, 0.5) is 17.5 Å². The van der Waals surface area contributed by atoms with Crippen molar-refractivity contribution in [3.05, 3.63) is 54.4 Å². The average molecular weight is 502 g/mol. The first-order valence-corrected chi connectivity index (χ1v) is 12.1. The number of amides is 1. The molecule has 1 aromatic carbocycles. The number of pyridine rings is 1. The molecule has 4 heterocycles. The van der Waals surface area contributed by atoms with Gasteiger partial charge in [-0.2, -0.15) is 5.26 Å². The van der Waals surface area contributed by atoms with Gasteiger partial charge < -0.3 is 30.1 Å². The number of hydrogen-bond donors (Lipinski definition) is 3. The first kappa shape index (κ1) is 24.4. The maximum atomic E-state index is 11.7. The van der Waals surface area contributed by atoms with E-state index in [2.05, 4.69) is 26.3 Å². The number of nitriles is 1. The number of benzene rings is 1. The number of likely N-dealkylation sites (tertiary alicyclic amines) is 1. The van der Waals surface area contributed by atoms with Gasteiger partial charge in [0.1, 0.15) is 30.3 Å². The van der Waals surface area contributed by atoms with Crippen LogP contribution in [0.1, 0.15) is 18.4 Å². The van der Waals surface area contributed by atoms with E-state index in [9.17, 15) is 15.2 Å². The lowest BCUT2D eigenvalue weighted by Crippen LogP contribution is -2.51. The van der Waals surface area contributed by atoms with Crippen molar-refractivity contribution in [3.8, 4) is 23.1 Å². The Hall–Kier alpha value is -4.27. The fourth-order valence-corrected chi connectivity index (χ4v) is 4.40. The molecule has 3 aromatic rings. The molecule has 0 aliphatic carbocycles. The first-order chi connectivity index (χ1) is 18.0. The number of aliphatic hydroxyl groups is 2. The Morgan fingerprint density at radius 2 is 1.92 bits per heavy atom. The molecule has 2 fully saturated rings. The minimum Gasteiger partial charge on any atom is -0.489 e. The molecule has 11 heteroatoms. The monoisotopic (exact) mass is 501 g/mol. The molecule has 37 heavy (non-hydrogen) atoms. The molecule has 2 aliphatic heterocycles. The number of aliphatic hydroxyl groups excluding tert-OH is 2. The number of piperidine rings is 1. The van der Waals surface area contributed by atoms with Gasteiger partial charge in [0.05, 0.1) is 17.4 Å². The minimum absolute atomic E-state index is 0.111. The third kappa shape index (κ3) is 5.61. The van der Waals surface area contributed by atoms with Crippen molar-refractivity contribution in [1.82, 2.24) is 19.9 Å². The second-order valence-corrected chi connectivity index (χ2v) is 9.03. The van der Waals surface area contributed by atoms with E-state index in [1.807, 2.05) is 23.1 Å². The van der Waals surface area contributed by atoms with E-state index in [0.717, 1.165) is 17.1 Å². The van der Waals surface area contributed by atoms with Gasteiger partial charge in [-0.15, -0.1) is 0 Å². The number of nitrogens with one attached hydrogen (secondary N) is 1. The molecule has 2 saturated heterocycles. The molecule has 3 N–H and O–H groups in total. The van der Waals surface area contributed by atoms with E-state index in [1.54, 1.807) is 35.5 Å². The second-order valence-electron chi connectivity index (χ2n) is 9.03. The normalized spacial score (nSPS) is 16.1. The predicted molar refractivity (Wildman–Crippen MR) is 135 cm³/mol. The van der Waals surface area contributed by atoms with Gasteiger partial charge in [0.25, 0.3) is 0 Å². The van der Waals surface area contributed by atoms with Gasteiger partial charge in [-0.25, -0.2) is 15.0 Å². The van der Waals surface area contributed by atoms with Crippen LogP contribution in [0.2, 0.25) is 0 Å². The van der Waals surface area contributed by atoms with Crippen LogP contribution in [0.15, 0.2) is 48.8 Å². The molecule has 5 rings (SSSR count). The van der Waals surface area contributed by atoms with Crippen LogP contribution in [0.25, 0.3) is 11.3 Å². The third-order valence-corrected chi connectivity index (χ3v) is 6.46. The van der Waals surface area contributed by atoms with Gasteiger partial charge in [0.2, 0.25) is 11.9 Å². The quantitative estimate of drug-likeness (QED) is 0.437. The lowest BCUT2D eigenvalue weighted by molar-refractivity contribution is -0.135. The van der Waals surface area contributed by atoms with Crippen molar-refractivity contribution in [2.45, 2.75) is 25.0 Å². The molecule has 1 amide bonds. The lowest BCUT2D eigenvalue weighted by Gasteiger charge is -2.36. The summed E-state index contributed by atoms with van der Waals surface area (Å²) in [6.07, 6.45) is 4.18. The van der Waals surface area contributed by atoms with E-state index >= 15 is 0 Å². The highest BCUT2D eigenvalue weighted by molar-refractivity contribution is 5.77. The van der Waals surface area contributed by atoms with E-state index in [0.29, 0.717) is 62.0 Å². The zero-order valence-corrected chi connectivity index (χ0v) is 20.1. The minimum atomic E-state index is -0.487. The maximum absolute atomic E-state index is 11.7. The smallest absolute Gasteiger partial charge is 0.248 e. The molecule has 0 bridgehead atoms. The maximum Gasteiger partial charge on any atom is 0.248 e. The number of carbonyl (C=O) groups excluding carboxylic acids is 1. The molecular weight excluding hydrogens is 474 g/mol. The van der Waals surface area contributed by atoms with E-state index in [-0.39, 0.29) is 18.1 Å². The van der Waals surface area contributed by atoms with Crippen molar-refractivity contribution in [1.29, 1.82) is 5.26 Å². The van der Waals surface area contributed by atoms with Crippen molar-refractivity contribution in [2.24, 2.45) is 0 Å². The summed E-state index contributed by atoms with van der Waals surface area (Å²) in [5.41, 5.74) is 2.57. The summed E-state index contributed by atoms with van der Waals surface area (Å²) in [5, 5.41) is 31.5. The van der Waals surface area contributed by atoms with Crippen molar-refractivity contribution >= 4 is 23.4 Å². The Labute approximate surface area is 214 Å². The van der Waals surface area contributed by atoms with E-state index in [4.69, 9.17) is 9.84 Å². The molecular formula is C26H27N7O4. The third-order valence-electron chi connectivity index (χ3n) is 6.46. The largest absolute Gasteiger partial charge is 0.489 e. The number of hydrogen-bond acceptors (Lipinski definition) is 10. The fraction of sp³-hybridized carbons (Fsp3) is 0.346. The summed E-state index contributed by atoms with van der Waals surface area (Å²) >= 11 is 0. The van der Waals surface area contributed by atoms with Crippen molar-refractivity contribution in [3.63, 3.8) is 0 Å². The van der Waals surface area contributed by atoms with Crippen LogP contribution < -0.4 is 15.0 Å². The molecule has 190 valence electrons. The predicted octanol–water partition coefficient (Wildman–Crippen LogP) is 1.70. The van der Waals surface area contributed by atoms with Gasteiger partial charge in [-0.1, -0.05) is 0 Å². The van der Waals surface area contributed by atoms with Crippen LogP contribution in [0, 0.1) is 11.3 Å². The van der Waals surface area contributed by atoms with Crippen LogP contribution >= 0.6 is 0 Å². The van der Waals surface area contributed by atoms with E-state index < -0.39 is 6.61 Å². The molecule has 2 aliphatic rings. The molecule has 11 nitrogen and oxygen atoms in total. The average Bonchev–Trinajstić information content (AvgIpc) is 2.92. The van der Waals surface area contributed by atoms with Crippen molar-refractivity contribution in [2.75, 3.05) is 43.0 Å². The highest BCUT2D eigenvalue weighted by atomic mass is 16.5. The Morgan fingerprint density at radius 3 is 2.65 bits per heavy atom. The molecule has 0 unspecified atom stereocenters. The van der Waals surface area contributed by atoms with Gasteiger partial charge in [-0.05, 0) is 30.3 Å². The zero-order valence-electron chi connectivity index (χ0n) is 20.1. The molecule has 2 aromatic heterocycles. The topological polar surface area (TPSA) is 148 Å². The number of aromatic nitrogens is 3. The van der Waals surface area contributed by atoms with Crippen LogP contribution in [-0.2, 0) is 4.79 Å². The fourth-order valence-electron chi connectivity index (χ4n) is 4.40. The molecule has 0 atom stereocenters. The zero-order chi connectivity index (χ0) is 25.8. The van der Waals surface area contributed by atoms with Crippen LogP contribution in [-0.4, -0.2) is 81.0 Å². The Kier molecular flexibility index (Phi) is 7.11. The highest BCUT2D eigenvalue weighted by Crippen LogP contribution is 2.29. The Balaban J connectivity index is 1.27. The summed E-state index contributed by atoms with van der Waals surface area (Å²) in [5.74, 6) is 1.39. The molecule has 0 radical (unpaired) electrons. The second kappa shape index (κ2) is 10.8. The first-order valence-electron chi connectivity index (χ1n) is 12.1. The lowest BCUT2D eigenvalue weighted by atomic mass is 10.1. The summed E-state index contributed by atoms with van der Waals surface area (Å²) in [6.45, 7) is 1.66. The van der Waals surface area contributed by atoms with Gasteiger partial charge >= 0.3 is 0 Å². The molecule has 0 saturated carbocycles. The number of anilines is 3. The van der Waals surface area contributed by atoms with Crippen molar-refractivity contribution < 1.29 is 19.7 Å². The summed E-state index contributed by atoms with van der Waals surface area (Å²) in [7, 11) is 0. The summed E-state index contributed by atoms with van der Waals surface area (Å²) < 4.78 is 6.09. The van der Waals surface area contributed by atoms with Crippen LogP contribution in [0.5, 0.6) is 5.75 Å².